The molecule has 0 spiro atoms. The van der Waals surface area contributed by atoms with Gasteiger partial charge in [-0.2, -0.15) is 0 Å². The molecule has 6 rings (SSSR count). The molecule has 4 nitrogen and oxygen atoms in total. The molecule has 0 aromatic carbocycles. The van der Waals surface area contributed by atoms with Gasteiger partial charge in [-0.05, 0) is 117 Å². The van der Waals surface area contributed by atoms with E-state index in [-0.39, 0.29) is 33.7 Å². The van der Waals surface area contributed by atoms with Crippen LogP contribution in [0.1, 0.15) is 113 Å². The van der Waals surface area contributed by atoms with Gasteiger partial charge in [-0.3, -0.25) is 4.79 Å². The van der Waals surface area contributed by atoms with Crippen molar-refractivity contribution in [3.05, 3.63) is 11.6 Å². The Morgan fingerprint density at radius 3 is 2.32 bits per heavy atom. The van der Waals surface area contributed by atoms with Gasteiger partial charge in [-0.15, -0.1) is 0 Å². The van der Waals surface area contributed by atoms with Gasteiger partial charge >= 0.3 is 5.97 Å². The first-order chi connectivity index (χ1) is 17.1. The minimum Gasteiger partial charge on any atom is -0.481 e. The van der Waals surface area contributed by atoms with Gasteiger partial charge in [0.15, 0.2) is 5.79 Å². The molecule has 0 amide bonds. The van der Waals surface area contributed by atoms with Crippen molar-refractivity contribution >= 4 is 5.97 Å². The molecule has 0 bridgehead atoms. The first-order valence-corrected chi connectivity index (χ1v) is 15.4. The summed E-state index contributed by atoms with van der Waals surface area (Å²) < 4.78 is 12.9. The molecular formula is C33H52O4. The van der Waals surface area contributed by atoms with Crippen LogP contribution in [-0.4, -0.2) is 29.6 Å². The summed E-state index contributed by atoms with van der Waals surface area (Å²) in [6, 6.07) is 0. The zero-order chi connectivity index (χ0) is 26.8. The van der Waals surface area contributed by atoms with Crippen LogP contribution in [0.3, 0.4) is 0 Å². The van der Waals surface area contributed by atoms with Gasteiger partial charge in [0.25, 0.3) is 0 Å². The number of carbonyl (C=O) groups is 1. The third-order valence-electron chi connectivity index (χ3n) is 14.3. The summed E-state index contributed by atoms with van der Waals surface area (Å²) in [6.45, 7) is 19.9. The maximum Gasteiger partial charge on any atom is 0.310 e. The number of rotatable bonds is 1. The van der Waals surface area contributed by atoms with E-state index in [1.807, 2.05) is 0 Å². The van der Waals surface area contributed by atoms with Crippen LogP contribution in [0.2, 0.25) is 0 Å². The van der Waals surface area contributed by atoms with E-state index in [4.69, 9.17) is 9.47 Å². The van der Waals surface area contributed by atoms with Crippen molar-refractivity contribution in [3.8, 4) is 0 Å². The lowest BCUT2D eigenvalue weighted by Crippen LogP contribution is -2.68. The maximum absolute atomic E-state index is 12.9. The van der Waals surface area contributed by atoms with Crippen LogP contribution >= 0.6 is 0 Å². The Labute approximate surface area is 225 Å². The quantitative estimate of drug-likeness (QED) is 0.363. The van der Waals surface area contributed by atoms with Crippen molar-refractivity contribution in [1.29, 1.82) is 0 Å². The van der Waals surface area contributed by atoms with Gasteiger partial charge in [-0.25, -0.2) is 0 Å². The van der Waals surface area contributed by atoms with Crippen molar-refractivity contribution < 1.29 is 19.4 Å². The van der Waals surface area contributed by atoms with Crippen LogP contribution < -0.4 is 0 Å². The fraction of sp³-hybridized carbons (Fsp3) is 0.909. The third-order valence-corrected chi connectivity index (χ3v) is 14.3. The van der Waals surface area contributed by atoms with Crippen molar-refractivity contribution in [3.63, 3.8) is 0 Å². The molecule has 0 aromatic heterocycles. The predicted octanol–water partition coefficient (Wildman–Crippen LogP) is 7.86. The van der Waals surface area contributed by atoms with E-state index in [9.17, 15) is 9.90 Å². The van der Waals surface area contributed by atoms with Crippen LogP contribution in [0.4, 0.5) is 0 Å². The second-order valence-corrected chi connectivity index (χ2v) is 15.9. The minimum atomic E-state index is -0.559. The SMILES string of the molecule is C[C@@H]1CC[C@]2(C(=O)O)CC[C@]3(C)C(=CCC4[C@@]5(C)CC[C@@H]6OC(C)(C)OC[C@@]6(C)C5CC[C@]43C)C2[C@H]1C. The molecular weight excluding hydrogens is 460 g/mol. The predicted molar refractivity (Wildman–Crippen MR) is 146 cm³/mol. The zero-order valence-electron chi connectivity index (χ0n) is 24.8. The summed E-state index contributed by atoms with van der Waals surface area (Å²) in [5, 5.41) is 10.6. The molecule has 6 aliphatic rings. The van der Waals surface area contributed by atoms with E-state index in [2.05, 4.69) is 61.5 Å². The number of fused-ring (bicyclic) bond motifs is 9. The van der Waals surface area contributed by atoms with Gasteiger partial charge in [0.2, 0.25) is 0 Å². The minimum absolute atomic E-state index is 0.0626. The standard InChI is InChI=1S/C33H52O4/c1-20-11-16-33(27(34)35)18-17-31(7)22(26(33)21(20)2)9-10-24-29(5)14-13-25-30(6,19-36-28(3,4)37-25)23(29)12-15-32(24,31)8/h9,20-21,23-26H,10-19H2,1-8H3,(H,34,35)/t20-,21+,23?,24?,25+,26?,29+,30+,31-,32-,33+/m1/s1. The number of ether oxygens (including phenoxy) is 2. The van der Waals surface area contributed by atoms with Crippen LogP contribution in [-0.2, 0) is 14.3 Å². The van der Waals surface area contributed by atoms with Crippen molar-refractivity contribution in [1.82, 2.24) is 0 Å². The molecule has 37 heavy (non-hydrogen) atoms. The summed E-state index contributed by atoms with van der Waals surface area (Å²) in [7, 11) is 0. The summed E-state index contributed by atoms with van der Waals surface area (Å²) in [4.78, 5) is 12.9. The molecule has 0 aromatic rings. The molecule has 1 aliphatic heterocycles. The topological polar surface area (TPSA) is 55.8 Å². The van der Waals surface area contributed by atoms with Crippen LogP contribution in [0.5, 0.6) is 0 Å². The van der Waals surface area contributed by atoms with Crippen LogP contribution in [0.15, 0.2) is 11.6 Å². The van der Waals surface area contributed by atoms with Gasteiger partial charge in [0, 0.05) is 5.41 Å². The molecule has 5 aliphatic carbocycles. The molecule has 4 heteroatoms. The van der Waals surface area contributed by atoms with Gasteiger partial charge in [-0.1, -0.05) is 53.2 Å². The Kier molecular flexibility index (Phi) is 5.60. The summed E-state index contributed by atoms with van der Waals surface area (Å²) in [6.07, 6.45) is 12.6. The van der Waals surface area contributed by atoms with Crippen molar-refractivity contribution in [2.24, 2.45) is 56.7 Å². The van der Waals surface area contributed by atoms with Gasteiger partial charge in [0.05, 0.1) is 18.1 Å². The highest BCUT2D eigenvalue weighted by Gasteiger charge is 2.70. The number of carboxylic acids is 1. The lowest BCUT2D eigenvalue weighted by molar-refractivity contribution is -0.351. The third kappa shape index (κ3) is 3.18. The Bertz CT molecular complexity index is 1020. The molecule has 1 heterocycles. The van der Waals surface area contributed by atoms with Crippen molar-refractivity contribution in [2.75, 3.05) is 6.61 Å². The molecule has 0 radical (unpaired) electrons. The number of allylic oxidation sites excluding steroid dienone is 2. The lowest BCUT2D eigenvalue weighted by atomic mass is 9.33. The highest BCUT2D eigenvalue weighted by molar-refractivity contribution is 5.76. The van der Waals surface area contributed by atoms with E-state index in [1.54, 1.807) is 0 Å². The van der Waals surface area contributed by atoms with Crippen LogP contribution in [0.25, 0.3) is 0 Å². The summed E-state index contributed by atoms with van der Waals surface area (Å²) in [5.74, 6) is 1.40. The first-order valence-electron chi connectivity index (χ1n) is 15.4. The van der Waals surface area contributed by atoms with Crippen LogP contribution in [0, 0.1) is 56.7 Å². The Balaban J connectivity index is 1.41. The van der Waals surface area contributed by atoms with Gasteiger partial charge < -0.3 is 14.6 Å². The number of carboxylic acid groups (broad SMARTS) is 1. The zero-order valence-corrected chi connectivity index (χ0v) is 24.8. The van der Waals surface area contributed by atoms with E-state index in [1.165, 1.54) is 24.8 Å². The fourth-order valence-electron chi connectivity index (χ4n) is 11.7. The second kappa shape index (κ2) is 7.87. The monoisotopic (exact) mass is 512 g/mol. The number of aliphatic carboxylic acids is 1. The largest absolute Gasteiger partial charge is 0.481 e. The average molecular weight is 513 g/mol. The molecule has 1 saturated heterocycles. The average Bonchev–Trinajstić information content (AvgIpc) is 2.82. The highest BCUT2D eigenvalue weighted by Crippen LogP contribution is 2.76. The lowest BCUT2D eigenvalue weighted by Gasteiger charge is -2.72. The van der Waals surface area contributed by atoms with E-state index < -0.39 is 17.2 Å². The summed E-state index contributed by atoms with van der Waals surface area (Å²) >= 11 is 0. The second-order valence-electron chi connectivity index (χ2n) is 15.9. The smallest absolute Gasteiger partial charge is 0.310 e. The number of hydrogen-bond acceptors (Lipinski definition) is 3. The Hall–Kier alpha value is -0.870. The Morgan fingerprint density at radius 1 is 0.892 bits per heavy atom. The molecule has 208 valence electrons. The highest BCUT2D eigenvalue weighted by atomic mass is 16.7. The van der Waals surface area contributed by atoms with Gasteiger partial charge in [0.1, 0.15) is 0 Å². The fourth-order valence-corrected chi connectivity index (χ4v) is 11.7. The van der Waals surface area contributed by atoms with Crippen molar-refractivity contribution in [2.45, 2.75) is 125 Å². The van der Waals surface area contributed by atoms with E-state index in [0.717, 1.165) is 45.1 Å². The number of hydrogen-bond donors (Lipinski definition) is 1. The molecule has 4 saturated carbocycles. The first kappa shape index (κ1) is 26.4. The van der Waals surface area contributed by atoms with E-state index in [0.29, 0.717) is 23.7 Å². The van der Waals surface area contributed by atoms with E-state index >= 15 is 0 Å². The Morgan fingerprint density at radius 2 is 1.62 bits per heavy atom. The molecule has 3 unspecified atom stereocenters. The molecule has 5 fully saturated rings. The maximum atomic E-state index is 12.9. The molecule has 1 N–H and O–H groups in total. The normalized spacial score (nSPS) is 56.5. The molecule has 11 atom stereocenters. The summed E-state index contributed by atoms with van der Waals surface area (Å²) in [5.41, 5.74) is 1.57.